The first-order valence-corrected chi connectivity index (χ1v) is 7.32. The molecule has 0 saturated heterocycles. The first kappa shape index (κ1) is 18.6. The minimum Gasteiger partial charge on any atom is -1.00 e. The van der Waals surface area contributed by atoms with Crippen LogP contribution in [0.5, 0.6) is 0 Å². The van der Waals surface area contributed by atoms with Crippen molar-refractivity contribution in [1.29, 1.82) is 0 Å². The fourth-order valence-electron chi connectivity index (χ4n) is 2.06. The average molecular weight is 410 g/mol. The minimum absolute atomic E-state index is 0. The smallest absolute Gasteiger partial charge is 0.171 e. The van der Waals surface area contributed by atoms with E-state index in [1.165, 1.54) is 11.3 Å². The zero-order valence-electron chi connectivity index (χ0n) is 13.1. The van der Waals surface area contributed by atoms with Gasteiger partial charge < -0.3 is 34.0 Å². The fraction of sp³-hybridized carbons (Fsp3) is 0.278. The number of hydrogen-bond donors (Lipinski definition) is 1. The second kappa shape index (κ2) is 9.58. The van der Waals surface area contributed by atoms with Crippen molar-refractivity contribution < 1.29 is 33.7 Å². The molecule has 0 amide bonds. The largest absolute Gasteiger partial charge is 1.00 e. The van der Waals surface area contributed by atoms with Crippen LogP contribution in [0.3, 0.4) is 0 Å². The van der Waals surface area contributed by atoms with Crippen molar-refractivity contribution in [1.82, 2.24) is 0 Å². The fourth-order valence-corrected chi connectivity index (χ4v) is 2.06. The zero-order chi connectivity index (χ0) is 15.1. The first-order valence-electron chi connectivity index (χ1n) is 7.32. The monoisotopic (exact) mass is 410 g/mol. The maximum Gasteiger partial charge on any atom is 0.171 e. The normalized spacial score (nSPS) is 10.5. The van der Waals surface area contributed by atoms with Crippen LogP contribution in [0.4, 0.5) is 5.69 Å². The maximum atomic E-state index is 8.88. The summed E-state index contributed by atoms with van der Waals surface area (Å²) in [4.78, 5) is 2.21. The lowest BCUT2D eigenvalue weighted by molar-refractivity contribution is -0.698. The lowest BCUT2D eigenvalue weighted by atomic mass is 10.1. The molecule has 0 fully saturated rings. The van der Waals surface area contributed by atoms with Crippen LogP contribution in [0.1, 0.15) is 18.1 Å². The van der Waals surface area contributed by atoms with Gasteiger partial charge in [0.1, 0.15) is 6.61 Å². The van der Waals surface area contributed by atoms with Crippen molar-refractivity contribution in [3.05, 3.63) is 59.9 Å². The Morgan fingerprint density at radius 3 is 2.05 bits per heavy atom. The van der Waals surface area contributed by atoms with Crippen LogP contribution in [-0.2, 0) is 6.54 Å². The van der Waals surface area contributed by atoms with Crippen LogP contribution in [0.2, 0.25) is 0 Å². The maximum absolute atomic E-state index is 8.88. The van der Waals surface area contributed by atoms with E-state index in [1.807, 2.05) is 29.1 Å². The van der Waals surface area contributed by atoms with E-state index in [-0.39, 0.29) is 30.6 Å². The number of nitrogens with zero attached hydrogens (tertiary/aromatic N) is 2. The van der Waals surface area contributed by atoms with E-state index in [4.69, 9.17) is 5.11 Å². The lowest BCUT2D eigenvalue weighted by Gasteiger charge is -2.16. The van der Waals surface area contributed by atoms with Crippen LogP contribution < -0.4 is 33.4 Å². The third-order valence-corrected chi connectivity index (χ3v) is 3.55. The molecule has 0 bridgehead atoms. The molecule has 3 nitrogen and oxygen atoms in total. The van der Waals surface area contributed by atoms with Crippen LogP contribution in [-0.4, -0.2) is 25.3 Å². The Balaban J connectivity index is 0.00000242. The third-order valence-electron chi connectivity index (χ3n) is 3.55. The number of hydrogen-bond acceptors (Lipinski definition) is 2. The van der Waals surface area contributed by atoms with Crippen molar-refractivity contribution in [3.8, 4) is 0 Å². The molecular formula is C18H23IN2O. The number of anilines is 1. The van der Waals surface area contributed by atoms with Gasteiger partial charge in [-0.05, 0) is 30.2 Å². The number of pyridine rings is 1. The molecule has 0 radical (unpaired) electrons. The van der Waals surface area contributed by atoms with Gasteiger partial charge in [-0.15, -0.1) is 0 Å². The van der Waals surface area contributed by atoms with Gasteiger partial charge in [-0.25, -0.2) is 4.57 Å². The second-order valence-electron chi connectivity index (χ2n) is 5.03. The number of aliphatic hydroxyl groups is 1. The Bertz CT molecular complexity index is 579. The topological polar surface area (TPSA) is 27.4 Å². The Morgan fingerprint density at radius 1 is 1.00 bits per heavy atom. The van der Waals surface area contributed by atoms with Gasteiger partial charge in [0.15, 0.2) is 18.9 Å². The van der Waals surface area contributed by atoms with Gasteiger partial charge in [-0.2, -0.15) is 0 Å². The van der Waals surface area contributed by atoms with Gasteiger partial charge in [-0.1, -0.05) is 24.3 Å². The highest BCUT2D eigenvalue weighted by Crippen LogP contribution is 2.15. The van der Waals surface area contributed by atoms with Crippen LogP contribution in [0, 0.1) is 0 Å². The van der Waals surface area contributed by atoms with E-state index in [1.54, 1.807) is 0 Å². The van der Waals surface area contributed by atoms with Crippen LogP contribution in [0.15, 0.2) is 48.8 Å². The summed E-state index contributed by atoms with van der Waals surface area (Å²) in [7, 11) is 2.09. The van der Waals surface area contributed by atoms with Gasteiger partial charge in [-0.3, -0.25) is 0 Å². The number of benzene rings is 1. The first-order chi connectivity index (χ1) is 10.2. The molecule has 0 unspecified atom stereocenters. The Kier molecular flexibility index (Phi) is 8.12. The summed E-state index contributed by atoms with van der Waals surface area (Å²) in [5.41, 5.74) is 3.58. The van der Waals surface area contributed by atoms with E-state index in [2.05, 4.69) is 55.3 Å². The molecule has 1 heterocycles. The van der Waals surface area contributed by atoms with E-state index in [0.717, 1.165) is 12.1 Å². The van der Waals surface area contributed by atoms with E-state index in [9.17, 15) is 0 Å². The van der Waals surface area contributed by atoms with E-state index < -0.39 is 0 Å². The molecule has 0 spiro atoms. The molecule has 0 aliphatic heterocycles. The van der Waals surface area contributed by atoms with Gasteiger partial charge in [0.05, 0.1) is 0 Å². The molecule has 2 rings (SSSR count). The summed E-state index contributed by atoms with van der Waals surface area (Å²) >= 11 is 0. The highest BCUT2D eigenvalue weighted by Gasteiger charge is 1.98. The van der Waals surface area contributed by atoms with Crippen molar-refractivity contribution in [2.75, 3.05) is 25.1 Å². The minimum atomic E-state index is 0. The Hall–Kier alpha value is -1.40. The van der Waals surface area contributed by atoms with Gasteiger partial charge in [0.25, 0.3) is 0 Å². The quantitative estimate of drug-likeness (QED) is 0.519. The molecule has 0 atom stereocenters. The molecule has 0 saturated carbocycles. The third kappa shape index (κ3) is 5.42. The predicted octanol–water partition coefficient (Wildman–Crippen LogP) is -0.403. The SMILES string of the molecule is CCN(C)c1ccc(C=Cc2cc[n+](CCO)cc2)cc1.[I-]. The summed E-state index contributed by atoms with van der Waals surface area (Å²) in [6.45, 7) is 3.95. The van der Waals surface area contributed by atoms with Gasteiger partial charge >= 0.3 is 0 Å². The lowest BCUT2D eigenvalue weighted by Crippen LogP contribution is -3.00. The Morgan fingerprint density at radius 2 is 1.55 bits per heavy atom. The molecular weight excluding hydrogens is 387 g/mol. The molecule has 1 aromatic heterocycles. The standard InChI is InChI=1S/C18H23N2O.HI/c1-3-19(2)18-8-6-16(7-9-18)4-5-17-10-12-20(13-11-17)14-15-21;/h4-13,21H,3,14-15H2,1-2H3;1H/q+1;/p-1. The van der Waals surface area contributed by atoms with Crippen LogP contribution in [0.25, 0.3) is 12.2 Å². The molecule has 22 heavy (non-hydrogen) atoms. The highest BCUT2D eigenvalue weighted by molar-refractivity contribution is 5.70. The summed E-state index contributed by atoms with van der Waals surface area (Å²) < 4.78 is 1.96. The summed E-state index contributed by atoms with van der Waals surface area (Å²) in [6, 6.07) is 12.6. The van der Waals surface area contributed by atoms with Crippen molar-refractivity contribution in [3.63, 3.8) is 0 Å². The molecule has 4 heteroatoms. The predicted molar refractivity (Wildman–Crippen MR) is 88.0 cm³/mol. The van der Waals surface area contributed by atoms with Crippen molar-refractivity contribution in [2.24, 2.45) is 0 Å². The number of aliphatic hydroxyl groups excluding tert-OH is 1. The molecule has 1 N–H and O–H groups in total. The van der Waals surface area contributed by atoms with Crippen molar-refractivity contribution >= 4 is 17.8 Å². The number of aromatic nitrogens is 1. The number of halogens is 1. The molecule has 0 aliphatic carbocycles. The van der Waals surface area contributed by atoms with Gasteiger partial charge in [0, 0.05) is 31.4 Å². The second-order valence-corrected chi connectivity index (χ2v) is 5.03. The summed E-state index contributed by atoms with van der Waals surface area (Å²) in [5.74, 6) is 0. The molecule has 118 valence electrons. The van der Waals surface area contributed by atoms with Gasteiger partial charge in [0.2, 0.25) is 0 Å². The highest BCUT2D eigenvalue weighted by atomic mass is 127. The van der Waals surface area contributed by atoms with Crippen LogP contribution >= 0.6 is 0 Å². The van der Waals surface area contributed by atoms with E-state index >= 15 is 0 Å². The summed E-state index contributed by atoms with van der Waals surface area (Å²) in [5, 5.41) is 8.88. The molecule has 1 aromatic carbocycles. The number of rotatable bonds is 6. The van der Waals surface area contributed by atoms with Crippen molar-refractivity contribution in [2.45, 2.75) is 13.5 Å². The molecule has 2 aromatic rings. The Labute approximate surface area is 149 Å². The average Bonchev–Trinajstić information content (AvgIpc) is 2.54. The zero-order valence-corrected chi connectivity index (χ0v) is 15.3. The summed E-state index contributed by atoms with van der Waals surface area (Å²) in [6.07, 6.45) is 8.17. The van der Waals surface area contributed by atoms with E-state index in [0.29, 0.717) is 6.54 Å². The molecule has 0 aliphatic rings.